The summed E-state index contributed by atoms with van der Waals surface area (Å²) >= 11 is 0. The first kappa shape index (κ1) is 22.2. The Hall–Kier alpha value is -3.45. The Kier molecular flexibility index (Phi) is 7.20. The molecule has 0 radical (unpaired) electrons. The van der Waals surface area contributed by atoms with Crippen molar-refractivity contribution in [2.24, 2.45) is 0 Å². The molecular weight excluding hydrogens is 390 g/mol. The molecule has 7 nitrogen and oxygen atoms in total. The smallest absolute Gasteiger partial charge is 0.243 e. The molecule has 2 amide bonds. The molecule has 1 unspecified atom stereocenters. The molecule has 2 N–H and O–H groups in total. The third-order valence-electron chi connectivity index (χ3n) is 5.30. The van der Waals surface area contributed by atoms with Crippen molar-refractivity contribution in [1.29, 1.82) is 0 Å². The van der Waals surface area contributed by atoms with Crippen LogP contribution in [0.2, 0.25) is 0 Å². The first-order valence-electron chi connectivity index (χ1n) is 10.3. The molecule has 162 valence electrons. The number of hydrogen-bond donors (Lipinski definition) is 2. The standard InChI is InChI=1S/C24H29N5O2/c1-17-9-8-10-18(2)23(17)27-22(30)14-25-24(31)19(3)28(4)15-20-13-26-29(16-20)21-11-6-5-7-12-21/h5-13,16,19H,14-15H2,1-4H3,(H,25,31)(H,27,30). The maximum absolute atomic E-state index is 12.5. The van der Waals surface area contributed by atoms with E-state index in [2.05, 4.69) is 15.7 Å². The van der Waals surface area contributed by atoms with Gasteiger partial charge in [-0.05, 0) is 51.1 Å². The van der Waals surface area contributed by atoms with Crippen molar-refractivity contribution in [2.75, 3.05) is 18.9 Å². The zero-order chi connectivity index (χ0) is 22.4. The molecular formula is C24H29N5O2. The summed E-state index contributed by atoms with van der Waals surface area (Å²) in [6.45, 7) is 6.20. The Labute approximate surface area is 183 Å². The number of carbonyl (C=O) groups excluding carboxylic acids is 2. The largest absolute Gasteiger partial charge is 0.346 e. The lowest BCUT2D eigenvalue weighted by atomic mass is 10.1. The minimum atomic E-state index is -0.395. The lowest BCUT2D eigenvalue weighted by molar-refractivity contribution is -0.127. The summed E-state index contributed by atoms with van der Waals surface area (Å²) in [6.07, 6.45) is 3.75. The van der Waals surface area contributed by atoms with Gasteiger partial charge in [0.05, 0.1) is 24.5 Å². The number of carbonyl (C=O) groups is 2. The first-order valence-corrected chi connectivity index (χ1v) is 10.3. The Morgan fingerprint density at radius 1 is 1.06 bits per heavy atom. The molecule has 7 heteroatoms. The summed E-state index contributed by atoms with van der Waals surface area (Å²) in [5.74, 6) is -0.445. The normalized spacial score (nSPS) is 11.9. The number of benzene rings is 2. The summed E-state index contributed by atoms with van der Waals surface area (Å²) in [7, 11) is 1.88. The van der Waals surface area contributed by atoms with Crippen LogP contribution in [-0.4, -0.2) is 46.1 Å². The van der Waals surface area contributed by atoms with Crippen LogP contribution in [0.3, 0.4) is 0 Å². The highest BCUT2D eigenvalue weighted by Crippen LogP contribution is 2.19. The average molecular weight is 420 g/mol. The highest BCUT2D eigenvalue weighted by molar-refractivity contribution is 5.96. The number of likely N-dealkylation sites (N-methyl/N-ethyl adjacent to an activating group) is 1. The van der Waals surface area contributed by atoms with Crippen LogP contribution in [0.5, 0.6) is 0 Å². The number of anilines is 1. The molecule has 0 fully saturated rings. The number of para-hydroxylation sites is 2. The number of nitrogens with zero attached hydrogens (tertiary/aromatic N) is 3. The van der Waals surface area contributed by atoms with Gasteiger partial charge < -0.3 is 10.6 Å². The van der Waals surface area contributed by atoms with E-state index >= 15 is 0 Å². The van der Waals surface area contributed by atoms with Crippen LogP contribution < -0.4 is 10.6 Å². The fourth-order valence-corrected chi connectivity index (χ4v) is 3.30. The number of nitrogens with one attached hydrogen (secondary N) is 2. The predicted molar refractivity (Wildman–Crippen MR) is 122 cm³/mol. The van der Waals surface area contributed by atoms with Gasteiger partial charge in [-0.2, -0.15) is 5.10 Å². The molecule has 31 heavy (non-hydrogen) atoms. The third-order valence-corrected chi connectivity index (χ3v) is 5.30. The van der Waals surface area contributed by atoms with E-state index in [-0.39, 0.29) is 18.4 Å². The molecule has 3 rings (SSSR count). The molecule has 1 atom stereocenters. The van der Waals surface area contributed by atoms with Gasteiger partial charge in [0, 0.05) is 24.0 Å². The SMILES string of the molecule is Cc1cccc(C)c1NC(=O)CNC(=O)C(C)N(C)Cc1cnn(-c2ccccc2)c1. The van der Waals surface area contributed by atoms with Crippen LogP contribution >= 0.6 is 0 Å². The molecule has 0 saturated heterocycles. The monoisotopic (exact) mass is 419 g/mol. The molecule has 0 bridgehead atoms. The molecule has 0 spiro atoms. The average Bonchev–Trinajstić information content (AvgIpc) is 3.23. The zero-order valence-corrected chi connectivity index (χ0v) is 18.4. The van der Waals surface area contributed by atoms with Crippen molar-refractivity contribution in [3.63, 3.8) is 0 Å². The summed E-state index contributed by atoms with van der Waals surface area (Å²) in [6, 6.07) is 15.3. The topological polar surface area (TPSA) is 79.3 Å². The van der Waals surface area contributed by atoms with Gasteiger partial charge in [-0.1, -0.05) is 36.4 Å². The Morgan fingerprint density at radius 2 is 1.74 bits per heavy atom. The molecule has 0 saturated carbocycles. The van der Waals surface area contributed by atoms with E-state index < -0.39 is 6.04 Å². The Morgan fingerprint density at radius 3 is 2.42 bits per heavy atom. The summed E-state index contributed by atoms with van der Waals surface area (Å²) in [5, 5.41) is 10.0. The second kappa shape index (κ2) is 10.0. The lowest BCUT2D eigenvalue weighted by Crippen LogP contribution is -2.45. The number of hydrogen-bond acceptors (Lipinski definition) is 4. The molecule has 0 aliphatic carbocycles. The van der Waals surface area contributed by atoms with Gasteiger partial charge in [0.2, 0.25) is 11.8 Å². The van der Waals surface area contributed by atoms with Gasteiger partial charge in [0.1, 0.15) is 0 Å². The van der Waals surface area contributed by atoms with Crippen molar-refractivity contribution >= 4 is 17.5 Å². The van der Waals surface area contributed by atoms with E-state index in [9.17, 15) is 9.59 Å². The third kappa shape index (κ3) is 5.79. The first-order chi connectivity index (χ1) is 14.8. The van der Waals surface area contributed by atoms with Crippen LogP contribution in [0.1, 0.15) is 23.6 Å². The Balaban J connectivity index is 1.50. The van der Waals surface area contributed by atoms with Gasteiger partial charge in [-0.3, -0.25) is 14.5 Å². The quantitative estimate of drug-likeness (QED) is 0.588. The van der Waals surface area contributed by atoms with Crippen molar-refractivity contribution in [1.82, 2.24) is 20.0 Å². The molecule has 2 aromatic carbocycles. The summed E-state index contributed by atoms with van der Waals surface area (Å²) < 4.78 is 1.81. The Bertz CT molecular complexity index is 1020. The molecule has 0 aliphatic heterocycles. The van der Waals surface area contributed by atoms with Gasteiger partial charge in [-0.25, -0.2) is 4.68 Å². The van der Waals surface area contributed by atoms with E-state index in [4.69, 9.17) is 0 Å². The maximum atomic E-state index is 12.5. The second-order valence-corrected chi connectivity index (χ2v) is 7.75. The van der Waals surface area contributed by atoms with Crippen molar-refractivity contribution in [2.45, 2.75) is 33.4 Å². The van der Waals surface area contributed by atoms with Crippen LogP contribution in [0, 0.1) is 13.8 Å². The fourth-order valence-electron chi connectivity index (χ4n) is 3.30. The van der Waals surface area contributed by atoms with Crippen molar-refractivity contribution < 1.29 is 9.59 Å². The highest BCUT2D eigenvalue weighted by Gasteiger charge is 2.19. The molecule has 3 aromatic rings. The van der Waals surface area contributed by atoms with Crippen molar-refractivity contribution in [3.05, 3.63) is 77.6 Å². The van der Waals surface area contributed by atoms with Crippen LogP contribution in [-0.2, 0) is 16.1 Å². The molecule has 0 aliphatic rings. The number of rotatable bonds is 8. The van der Waals surface area contributed by atoms with Crippen LogP contribution in [0.4, 0.5) is 5.69 Å². The van der Waals surface area contributed by atoms with Gasteiger partial charge in [0.15, 0.2) is 0 Å². The van der Waals surface area contributed by atoms with Gasteiger partial charge in [0.25, 0.3) is 0 Å². The van der Waals surface area contributed by atoms with E-state index in [1.807, 2.05) is 92.1 Å². The summed E-state index contributed by atoms with van der Waals surface area (Å²) in [5.41, 5.74) is 4.76. The van der Waals surface area contributed by atoms with E-state index in [1.165, 1.54) is 0 Å². The maximum Gasteiger partial charge on any atom is 0.243 e. The van der Waals surface area contributed by atoms with Gasteiger partial charge in [-0.15, -0.1) is 0 Å². The highest BCUT2D eigenvalue weighted by atomic mass is 16.2. The lowest BCUT2D eigenvalue weighted by Gasteiger charge is -2.23. The van der Waals surface area contributed by atoms with Crippen molar-refractivity contribution in [3.8, 4) is 5.69 Å². The van der Waals surface area contributed by atoms with E-state index in [0.717, 1.165) is 28.1 Å². The molecule has 1 aromatic heterocycles. The molecule has 1 heterocycles. The number of aryl methyl sites for hydroxylation is 2. The van der Waals surface area contributed by atoms with Crippen LogP contribution in [0.25, 0.3) is 5.69 Å². The van der Waals surface area contributed by atoms with Crippen LogP contribution in [0.15, 0.2) is 60.9 Å². The zero-order valence-electron chi connectivity index (χ0n) is 18.4. The minimum absolute atomic E-state index is 0.0727. The predicted octanol–water partition coefficient (Wildman–Crippen LogP) is 3.06. The number of aromatic nitrogens is 2. The van der Waals surface area contributed by atoms with Gasteiger partial charge >= 0.3 is 0 Å². The second-order valence-electron chi connectivity index (χ2n) is 7.75. The van der Waals surface area contributed by atoms with E-state index in [0.29, 0.717) is 6.54 Å². The summed E-state index contributed by atoms with van der Waals surface area (Å²) in [4.78, 5) is 26.8. The van der Waals surface area contributed by atoms with E-state index in [1.54, 1.807) is 6.20 Å². The fraction of sp³-hybridized carbons (Fsp3) is 0.292. The minimum Gasteiger partial charge on any atom is -0.346 e. The number of amides is 2.